The van der Waals surface area contributed by atoms with Crippen LogP contribution in [-0.4, -0.2) is 36.4 Å². The van der Waals surface area contributed by atoms with Gasteiger partial charge in [-0.1, -0.05) is 50.2 Å². The molecule has 0 spiro atoms. The van der Waals surface area contributed by atoms with Gasteiger partial charge in [-0.3, -0.25) is 14.5 Å². The van der Waals surface area contributed by atoms with E-state index in [2.05, 4.69) is 24.5 Å². The van der Waals surface area contributed by atoms with Crippen LogP contribution in [0.1, 0.15) is 43.4 Å². The topological polar surface area (TPSA) is 87.7 Å². The summed E-state index contributed by atoms with van der Waals surface area (Å²) in [6, 6.07) is 14.3. The zero-order chi connectivity index (χ0) is 21.9. The van der Waals surface area contributed by atoms with E-state index >= 15 is 0 Å². The second kappa shape index (κ2) is 8.57. The molecule has 0 radical (unpaired) electrons. The molecule has 1 unspecified atom stereocenters. The van der Waals surface area contributed by atoms with Crippen LogP contribution in [0.25, 0.3) is 0 Å². The molecule has 0 bridgehead atoms. The third-order valence-electron chi connectivity index (χ3n) is 5.38. The molecule has 7 heteroatoms. The van der Waals surface area contributed by atoms with E-state index in [9.17, 15) is 14.4 Å². The molecule has 2 N–H and O–H groups in total. The van der Waals surface area contributed by atoms with Crippen molar-refractivity contribution in [2.75, 3.05) is 13.7 Å². The number of hydrogen-bond acceptors (Lipinski definition) is 4. The third-order valence-corrected chi connectivity index (χ3v) is 5.38. The average Bonchev–Trinajstić information content (AvgIpc) is 2.96. The molecular formula is C23H27N3O4. The first-order valence-corrected chi connectivity index (χ1v) is 9.88. The number of nitrogens with one attached hydrogen (secondary N) is 2. The minimum atomic E-state index is -1.19. The highest BCUT2D eigenvalue weighted by molar-refractivity contribution is 6.09. The lowest BCUT2D eigenvalue weighted by Gasteiger charge is -2.22. The molecule has 1 aliphatic rings. The lowest BCUT2D eigenvalue weighted by atomic mass is 9.90. The largest absolute Gasteiger partial charge is 0.497 e. The number of imide groups is 1. The molecule has 2 aromatic rings. The Balaban J connectivity index is 1.64. The summed E-state index contributed by atoms with van der Waals surface area (Å²) in [6.07, 6.45) is 0. The number of carbonyl (C=O) groups excluding carboxylic acids is 3. The summed E-state index contributed by atoms with van der Waals surface area (Å²) in [7, 11) is 1.58. The number of benzene rings is 2. The van der Waals surface area contributed by atoms with Crippen LogP contribution in [0.3, 0.4) is 0 Å². The van der Waals surface area contributed by atoms with Crippen molar-refractivity contribution in [3.63, 3.8) is 0 Å². The van der Waals surface area contributed by atoms with Gasteiger partial charge in [-0.15, -0.1) is 0 Å². The molecule has 158 valence electrons. The SMILES string of the molecule is COc1ccc(CNC(=O)CN2C(=O)NC(C)(c3ccc(C(C)C)cc3)C2=O)cc1. The Morgan fingerprint density at radius 2 is 1.73 bits per heavy atom. The summed E-state index contributed by atoms with van der Waals surface area (Å²) in [5.41, 5.74) is 1.53. The fourth-order valence-electron chi connectivity index (χ4n) is 3.38. The van der Waals surface area contributed by atoms with Gasteiger partial charge in [0.25, 0.3) is 5.91 Å². The summed E-state index contributed by atoms with van der Waals surface area (Å²) in [6.45, 7) is 5.80. The Labute approximate surface area is 176 Å². The second-order valence-electron chi connectivity index (χ2n) is 7.85. The molecule has 4 amide bonds. The standard InChI is InChI=1S/C23H27N3O4/c1-15(2)17-7-9-18(10-8-17)23(3)21(28)26(22(29)25-23)14-20(27)24-13-16-5-11-19(30-4)12-6-16/h5-12,15H,13-14H2,1-4H3,(H,24,27)(H,25,29). The Bertz CT molecular complexity index is 938. The van der Waals surface area contributed by atoms with Gasteiger partial charge in [0.15, 0.2) is 0 Å². The van der Waals surface area contributed by atoms with Gasteiger partial charge in [-0.25, -0.2) is 4.79 Å². The highest BCUT2D eigenvalue weighted by Gasteiger charge is 2.49. The first-order valence-electron chi connectivity index (χ1n) is 9.88. The lowest BCUT2D eigenvalue weighted by Crippen LogP contribution is -2.43. The lowest BCUT2D eigenvalue weighted by molar-refractivity contribution is -0.134. The maximum Gasteiger partial charge on any atom is 0.325 e. The van der Waals surface area contributed by atoms with Gasteiger partial charge in [0.2, 0.25) is 5.91 Å². The minimum absolute atomic E-state index is 0.292. The molecule has 1 atom stereocenters. The van der Waals surface area contributed by atoms with Crippen LogP contribution < -0.4 is 15.4 Å². The highest BCUT2D eigenvalue weighted by Crippen LogP contribution is 2.29. The van der Waals surface area contributed by atoms with Crippen LogP contribution in [0.4, 0.5) is 4.79 Å². The number of methoxy groups -OCH3 is 1. The summed E-state index contributed by atoms with van der Waals surface area (Å²) in [4.78, 5) is 38.7. The average molecular weight is 409 g/mol. The van der Waals surface area contributed by atoms with Crippen molar-refractivity contribution in [2.24, 2.45) is 0 Å². The zero-order valence-corrected chi connectivity index (χ0v) is 17.7. The van der Waals surface area contributed by atoms with Gasteiger partial charge < -0.3 is 15.4 Å². The number of rotatable bonds is 7. The van der Waals surface area contributed by atoms with Crippen LogP contribution >= 0.6 is 0 Å². The summed E-state index contributed by atoms with van der Waals surface area (Å²) in [5.74, 6) is 0.245. The molecule has 1 saturated heterocycles. The molecule has 1 fully saturated rings. The van der Waals surface area contributed by atoms with E-state index < -0.39 is 23.4 Å². The van der Waals surface area contributed by atoms with Crippen LogP contribution in [-0.2, 0) is 21.7 Å². The van der Waals surface area contributed by atoms with Crippen molar-refractivity contribution < 1.29 is 19.1 Å². The number of amides is 4. The molecule has 0 saturated carbocycles. The Hall–Kier alpha value is -3.35. The predicted molar refractivity (Wildman–Crippen MR) is 113 cm³/mol. The number of nitrogens with zero attached hydrogens (tertiary/aromatic N) is 1. The molecule has 0 aromatic heterocycles. The van der Waals surface area contributed by atoms with E-state index in [1.807, 2.05) is 36.4 Å². The Kier molecular flexibility index (Phi) is 6.10. The number of ether oxygens (including phenoxy) is 1. The highest BCUT2D eigenvalue weighted by atomic mass is 16.5. The van der Waals surface area contributed by atoms with E-state index in [1.54, 1.807) is 26.2 Å². The van der Waals surface area contributed by atoms with Crippen molar-refractivity contribution in [2.45, 2.75) is 38.8 Å². The van der Waals surface area contributed by atoms with Gasteiger partial charge in [-0.2, -0.15) is 0 Å². The van der Waals surface area contributed by atoms with Gasteiger partial charge in [0.05, 0.1) is 7.11 Å². The van der Waals surface area contributed by atoms with Crippen molar-refractivity contribution in [3.05, 3.63) is 65.2 Å². The number of carbonyl (C=O) groups is 3. The predicted octanol–water partition coefficient (Wildman–Crippen LogP) is 2.90. The van der Waals surface area contributed by atoms with Crippen molar-refractivity contribution in [1.29, 1.82) is 0 Å². The molecule has 30 heavy (non-hydrogen) atoms. The van der Waals surface area contributed by atoms with Crippen LogP contribution in [0.2, 0.25) is 0 Å². The second-order valence-corrected chi connectivity index (χ2v) is 7.85. The normalized spacial score (nSPS) is 18.5. The van der Waals surface area contributed by atoms with Gasteiger partial charge >= 0.3 is 6.03 Å². The van der Waals surface area contributed by atoms with Crippen LogP contribution in [0, 0.1) is 0 Å². The van der Waals surface area contributed by atoms with Crippen molar-refractivity contribution >= 4 is 17.8 Å². The van der Waals surface area contributed by atoms with Gasteiger partial charge in [-0.05, 0) is 41.7 Å². The Morgan fingerprint density at radius 1 is 1.10 bits per heavy atom. The number of hydrogen-bond donors (Lipinski definition) is 2. The monoisotopic (exact) mass is 409 g/mol. The summed E-state index contributed by atoms with van der Waals surface area (Å²) in [5, 5.41) is 5.47. The quantitative estimate of drug-likeness (QED) is 0.689. The van der Waals surface area contributed by atoms with E-state index in [-0.39, 0.29) is 6.54 Å². The smallest absolute Gasteiger partial charge is 0.325 e. The molecular weight excluding hydrogens is 382 g/mol. The van der Waals surface area contributed by atoms with Crippen molar-refractivity contribution in [3.8, 4) is 5.75 Å². The first kappa shape index (κ1) is 21.4. The minimum Gasteiger partial charge on any atom is -0.497 e. The fraction of sp³-hybridized carbons (Fsp3) is 0.348. The first-order chi connectivity index (χ1) is 14.2. The van der Waals surface area contributed by atoms with Crippen LogP contribution in [0.5, 0.6) is 5.75 Å². The van der Waals surface area contributed by atoms with Gasteiger partial charge in [0.1, 0.15) is 17.8 Å². The maximum atomic E-state index is 13.0. The zero-order valence-electron chi connectivity index (χ0n) is 17.7. The van der Waals surface area contributed by atoms with E-state index in [0.717, 1.165) is 21.8 Å². The third kappa shape index (κ3) is 4.30. The van der Waals surface area contributed by atoms with Gasteiger partial charge in [0, 0.05) is 6.54 Å². The maximum absolute atomic E-state index is 13.0. The molecule has 3 rings (SSSR count). The fourth-order valence-corrected chi connectivity index (χ4v) is 3.38. The summed E-state index contributed by atoms with van der Waals surface area (Å²) < 4.78 is 5.11. The number of urea groups is 1. The molecule has 7 nitrogen and oxygen atoms in total. The molecule has 2 aromatic carbocycles. The van der Waals surface area contributed by atoms with Crippen molar-refractivity contribution in [1.82, 2.24) is 15.5 Å². The molecule has 0 aliphatic carbocycles. The molecule has 1 heterocycles. The summed E-state index contributed by atoms with van der Waals surface area (Å²) >= 11 is 0. The van der Waals surface area contributed by atoms with Crippen LogP contribution in [0.15, 0.2) is 48.5 Å². The Morgan fingerprint density at radius 3 is 2.30 bits per heavy atom. The van der Waals surface area contributed by atoms with E-state index in [1.165, 1.54) is 0 Å². The van der Waals surface area contributed by atoms with E-state index in [4.69, 9.17) is 4.74 Å². The van der Waals surface area contributed by atoms with E-state index in [0.29, 0.717) is 18.0 Å². The molecule has 1 aliphatic heterocycles.